The van der Waals surface area contributed by atoms with Crippen LogP contribution in [-0.2, 0) is 6.42 Å². The number of halogens is 1. The zero-order valence-electron chi connectivity index (χ0n) is 20.9. The SMILES string of the molecule is CCCc1ccc(C2CCC([C@H]3CC[C@H]([C@H]4CC[C@H](CCCCF)CC4)CC3)CC2)cc1. The van der Waals surface area contributed by atoms with Crippen LogP contribution in [0.3, 0.4) is 0 Å². The Labute approximate surface area is 198 Å². The van der Waals surface area contributed by atoms with Crippen LogP contribution >= 0.6 is 0 Å². The molecule has 0 unspecified atom stereocenters. The number of aryl methyl sites for hydroxylation is 1. The summed E-state index contributed by atoms with van der Waals surface area (Å²) in [6, 6.07) is 9.61. The van der Waals surface area contributed by atoms with Gasteiger partial charge in [-0.2, -0.15) is 0 Å². The predicted molar refractivity (Wildman–Crippen MR) is 136 cm³/mol. The van der Waals surface area contributed by atoms with Crippen molar-refractivity contribution in [1.82, 2.24) is 0 Å². The van der Waals surface area contributed by atoms with Gasteiger partial charge in [-0.15, -0.1) is 0 Å². The average Bonchev–Trinajstić information content (AvgIpc) is 2.86. The molecular formula is C31H49F. The molecule has 0 aliphatic heterocycles. The van der Waals surface area contributed by atoms with E-state index in [0.29, 0.717) is 0 Å². The molecule has 0 amide bonds. The van der Waals surface area contributed by atoms with Gasteiger partial charge in [0.25, 0.3) is 0 Å². The number of unbranched alkanes of at least 4 members (excludes halogenated alkanes) is 1. The van der Waals surface area contributed by atoms with Crippen LogP contribution < -0.4 is 0 Å². The van der Waals surface area contributed by atoms with Gasteiger partial charge in [0.1, 0.15) is 0 Å². The minimum absolute atomic E-state index is 0.119. The Morgan fingerprint density at radius 3 is 1.66 bits per heavy atom. The first-order valence-corrected chi connectivity index (χ1v) is 14.4. The second kappa shape index (κ2) is 12.6. The average molecular weight is 441 g/mol. The summed E-state index contributed by atoms with van der Waals surface area (Å²) in [5.41, 5.74) is 3.11. The van der Waals surface area contributed by atoms with Gasteiger partial charge in [0.05, 0.1) is 6.67 Å². The lowest BCUT2D eigenvalue weighted by Gasteiger charge is -2.41. The van der Waals surface area contributed by atoms with E-state index in [1.807, 2.05) is 0 Å². The summed E-state index contributed by atoms with van der Waals surface area (Å²) in [5, 5.41) is 0. The maximum absolute atomic E-state index is 12.4. The Kier molecular flexibility index (Phi) is 9.54. The quantitative estimate of drug-likeness (QED) is 0.335. The van der Waals surface area contributed by atoms with Gasteiger partial charge in [0.2, 0.25) is 0 Å². The third-order valence-electron chi connectivity index (χ3n) is 9.80. The fourth-order valence-electron chi connectivity index (χ4n) is 7.73. The Hall–Kier alpha value is -0.850. The third kappa shape index (κ3) is 6.60. The van der Waals surface area contributed by atoms with Crippen molar-refractivity contribution in [1.29, 1.82) is 0 Å². The summed E-state index contributed by atoms with van der Waals surface area (Å²) >= 11 is 0. The van der Waals surface area contributed by atoms with E-state index in [9.17, 15) is 4.39 Å². The normalized spacial score (nSPS) is 33.8. The van der Waals surface area contributed by atoms with E-state index in [0.717, 1.165) is 48.3 Å². The highest BCUT2D eigenvalue weighted by Gasteiger charge is 2.34. The lowest BCUT2D eigenvalue weighted by molar-refractivity contribution is 0.108. The van der Waals surface area contributed by atoms with Crippen molar-refractivity contribution in [3.05, 3.63) is 35.4 Å². The molecule has 0 nitrogen and oxygen atoms in total. The number of benzene rings is 1. The molecule has 180 valence electrons. The van der Waals surface area contributed by atoms with Crippen LogP contribution in [0.2, 0.25) is 0 Å². The van der Waals surface area contributed by atoms with Gasteiger partial charge in [0.15, 0.2) is 0 Å². The minimum Gasteiger partial charge on any atom is -0.251 e. The molecule has 3 fully saturated rings. The summed E-state index contributed by atoms with van der Waals surface area (Å²) in [6.45, 7) is 2.15. The highest BCUT2D eigenvalue weighted by Crippen LogP contribution is 2.47. The fraction of sp³-hybridized carbons (Fsp3) is 0.806. The van der Waals surface area contributed by atoms with E-state index in [2.05, 4.69) is 31.2 Å². The van der Waals surface area contributed by atoms with Crippen LogP contribution in [0.1, 0.15) is 127 Å². The second-order valence-electron chi connectivity index (χ2n) is 11.7. The van der Waals surface area contributed by atoms with Gasteiger partial charge < -0.3 is 0 Å². The van der Waals surface area contributed by atoms with Gasteiger partial charge in [-0.25, -0.2) is 0 Å². The van der Waals surface area contributed by atoms with Crippen LogP contribution in [0, 0.1) is 29.6 Å². The van der Waals surface area contributed by atoms with Crippen LogP contribution in [-0.4, -0.2) is 6.67 Å². The molecule has 1 aromatic rings. The van der Waals surface area contributed by atoms with Gasteiger partial charge in [-0.3, -0.25) is 4.39 Å². The van der Waals surface area contributed by atoms with Crippen LogP contribution in [0.5, 0.6) is 0 Å². The first kappa shape index (κ1) is 24.3. The van der Waals surface area contributed by atoms with Crippen molar-refractivity contribution in [3.63, 3.8) is 0 Å². The molecular weight excluding hydrogens is 391 g/mol. The molecule has 3 aliphatic rings. The smallest absolute Gasteiger partial charge is 0.0894 e. The van der Waals surface area contributed by atoms with E-state index >= 15 is 0 Å². The number of hydrogen-bond acceptors (Lipinski definition) is 0. The molecule has 0 N–H and O–H groups in total. The van der Waals surface area contributed by atoms with Gasteiger partial charge in [0, 0.05) is 0 Å². The van der Waals surface area contributed by atoms with Crippen molar-refractivity contribution in [2.75, 3.05) is 6.67 Å². The lowest BCUT2D eigenvalue weighted by Crippen LogP contribution is -2.29. The van der Waals surface area contributed by atoms with E-state index < -0.39 is 0 Å². The zero-order chi connectivity index (χ0) is 22.2. The van der Waals surface area contributed by atoms with Crippen molar-refractivity contribution >= 4 is 0 Å². The van der Waals surface area contributed by atoms with E-state index in [4.69, 9.17) is 0 Å². The monoisotopic (exact) mass is 440 g/mol. The molecule has 0 heterocycles. The maximum Gasteiger partial charge on any atom is 0.0894 e. The Morgan fingerprint density at radius 2 is 1.16 bits per heavy atom. The van der Waals surface area contributed by atoms with Gasteiger partial charge >= 0.3 is 0 Å². The van der Waals surface area contributed by atoms with Gasteiger partial charge in [-0.1, -0.05) is 63.3 Å². The molecule has 3 saturated carbocycles. The molecule has 0 saturated heterocycles. The van der Waals surface area contributed by atoms with E-state index in [1.54, 1.807) is 5.56 Å². The van der Waals surface area contributed by atoms with Crippen LogP contribution in [0.25, 0.3) is 0 Å². The summed E-state index contributed by atoms with van der Waals surface area (Å²) in [5.74, 6) is 5.80. The Morgan fingerprint density at radius 1 is 0.656 bits per heavy atom. The Balaban J connectivity index is 1.15. The number of rotatable bonds is 9. The Bertz CT molecular complexity index is 625. The van der Waals surface area contributed by atoms with Crippen molar-refractivity contribution in [3.8, 4) is 0 Å². The molecule has 0 spiro atoms. The van der Waals surface area contributed by atoms with Gasteiger partial charge in [-0.05, 0) is 124 Å². The molecule has 4 rings (SSSR count). The molecule has 32 heavy (non-hydrogen) atoms. The molecule has 1 heteroatoms. The lowest BCUT2D eigenvalue weighted by atomic mass is 9.64. The minimum atomic E-state index is -0.119. The third-order valence-corrected chi connectivity index (χ3v) is 9.80. The summed E-state index contributed by atoms with van der Waals surface area (Å²) in [6.07, 6.45) is 23.3. The molecule has 0 aromatic heterocycles. The maximum atomic E-state index is 12.4. The molecule has 0 radical (unpaired) electrons. The molecule has 0 atom stereocenters. The van der Waals surface area contributed by atoms with Crippen molar-refractivity contribution < 1.29 is 4.39 Å². The molecule has 1 aromatic carbocycles. The summed E-state index contributed by atoms with van der Waals surface area (Å²) in [4.78, 5) is 0. The summed E-state index contributed by atoms with van der Waals surface area (Å²) < 4.78 is 12.4. The fourth-order valence-corrected chi connectivity index (χ4v) is 7.73. The standard InChI is InChI=1S/C31H49F/c1-2-5-24-7-11-26(12-8-24)28-15-19-30(20-16-28)31-21-17-29(18-22-31)27-13-9-25(10-14-27)6-3-4-23-32/h7-8,11-12,25,27-31H,2-6,9-10,13-23H2,1H3/t25-,27-,28?,29-,30?,31-. The molecule has 0 bridgehead atoms. The number of alkyl halides is 1. The van der Waals surface area contributed by atoms with Crippen molar-refractivity contribution in [2.45, 2.75) is 122 Å². The first-order valence-electron chi connectivity index (χ1n) is 14.4. The van der Waals surface area contributed by atoms with Crippen molar-refractivity contribution in [2.24, 2.45) is 29.6 Å². The molecule has 3 aliphatic carbocycles. The van der Waals surface area contributed by atoms with Crippen LogP contribution in [0.4, 0.5) is 4.39 Å². The van der Waals surface area contributed by atoms with E-state index in [1.165, 1.54) is 102 Å². The summed E-state index contributed by atoms with van der Waals surface area (Å²) in [7, 11) is 0. The largest absolute Gasteiger partial charge is 0.251 e. The zero-order valence-corrected chi connectivity index (χ0v) is 20.9. The number of hydrogen-bond donors (Lipinski definition) is 0. The second-order valence-corrected chi connectivity index (χ2v) is 11.7. The highest BCUT2D eigenvalue weighted by atomic mass is 19.1. The van der Waals surface area contributed by atoms with E-state index in [-0.39, 0.29) is 6.67 Å². The van der Waals surface area contributed by atoms with Crippen LogP contribution in [0.15, 0.2) is 24.3 Å². The predicted octanol–water partition coefficient (Wildman–Crippen LogP) is 9.67. The first-order chi connectivity index (χ1) is 15.8. The highest BCUT2D eigenvalue weighted by molar-refractivity contribution is 5.26. The topological polar surface area (TPSA) is 0 Å².